The zero-order valence-electron chi connectivity index (χ0n) is 15.9. The number of benzene rings is 1. The van der Waals surface area contributed by atoms with Crippen molar-refractivity contribution >= 4 is 29.6 Å². The molecule has 0 unspecified atom stereocenters. The van der Waals surface area contributed by atoms with Crippen LogP contribution in [-0.2, 0) is 0 Å². The molecule has 2 aromatic heterocycles. The van der Waals surface area contributed by atoms with E-state index < -0.39 is 0 Å². The molecule has 0 saturated heterocycles. The predicted molar refractivity (Wildman–Crippen MR) is 111 cm³/mol. The van der Waals surface area contributed by atoms with E-state index in [2.05, 4.69) is 35.7 Å². The lowest BCUT2D eigenvalue weighted by molar-refractivity contribution is 0.425. The van der Waals surface area contributed by atoms with Crippen LogP contribution in [0.5, 0.6) is 0 Å². The molecule has 0 atom stereocenters. The van der Waals surface area contributed by atoms with Gasteiger partial charge in [-0.2, -0.15) is 5.10 Å². The largest absolute Gasteiger partial charge is 0.369 e. The minimum absolute atomic E-state index is 0.628. The summed E-state index contributed by atoms with van der Waals surface area (Å²) in [5, 5.41) is 13.7. The molecule has 140 valence electrons. The monoisotopic (exact) mass is 363 g/mol. The quantitative estimate of drug-likeness (QED) is 0.569. The van der Waals surface area contributed by atoms with Crippen LogP contribution in [0.25, 0.3) is 12.2 Å². The van der Waals surface area contributed by atoms with Crippen molar-refractivity contribution in [3.63, 3.8) is 0 Å². The van der Waals surface area contributed by atoms with Crippen LogP contribution in [0.2, 0.25) is 0 Å². The molecule has 0 fully saturated rings. The molecule has 7 nitrogen and oxygen atoms in total. The molecule has 0 radical (unpaired) electrons. The zero-order chi connectivity index (χ0) is 19.1. The fourth-order valence-corrected chi connectivity index (χ4v) is 2.45. The highest BCUT2D eigenvalue weighted by molar-refractivity contribution is 5.68. The first-order valence-electron chi connectivity index (χ1n) is 8.88. The fourth-order valence-electron chi connectivity index (χ4n) is 2.45. The molecule has 0 aliphatic rings. The Bertz CT molecular complexity index is 884. The Morgan fingerprint density at radius 1 is 1.00 bits per heavy atom. The van der Waals surface area contributed by atoms with E-state index in [4.69, 9.17) is 0 Å². The summed E-state index contributed by atoms with van der Waals surface area (Å²) in [6.45, 7) is 3.67. The lowest BCUT2D eigenvalue weighted by Crippen LogP contribution is -2.21. The van der Waals surface area contributed by atoms with Crippen molar-refractivity contribution in [3.05, 3.63) is 59.5 Å². The Hall–Kier alpha value is -3.19. The van der Waals surface area contributed by atoms with Crippen LogP contribution in [0.15, 0.2) is 42.5 Å². The van der Waals surface area contributed by atoms with Gasteiger partial charge < -0.3 is 15.5 Å². The minimum Gasteiger partial charge on any atom is -0.369 e. The lowest BCUT2D eigenvalue weighted by Gasteiger charge is -2.12. The van der Waals surface area contributed by atoms with Gasteiger partial charge in [-0.25, -0.2) is 9.97 Å². The van der Waals surface area contributed by atoms with Crippen LogP contribution in [-0.4, -0.2) is 52.3 Å². The molecule has 0 aliphatic heterocycles. The Morgan fingerprint density at radius 3 is 2.48 bits per heavy atom. The van der Waals surface area contributed by atoms with E-state index in [1.165, 1.54) is 0 Å². The number of aromatic nitrogens is 4. The molecule has 3 rings (SSSR count). The zero-order valence-corrected chi connectivity index (χ0v) is 15.9. The van der Waals surface area contributed by atoms with Gasteiger partial charge in [-0.1, -0.05) is 36.4 Å². The first kappa shape index (κ1) is 18.6. The van der Waals surface area contributed by atoms with Crippen molar-refractivity contribution in [3.8, 4) is 0 Å². The highest BCUT2D eigenvalue weighted by atomic mass is 15.2. The third-order valence-corrected chi connectivity index (χ3v) is 3.80. The van der Waals surface area contributed by atoms with Crippen molar-refractivity contribution < 1.29 is 0 Å². The molecule has 27 heavy (non-hydrogen) atoms. The molecular weight excluding hydrogens is 338 g/mol. The molecule has 0 saturated carbocycles. The van der Waals surface area contributed by atoms with E-state index in [0.29, 0.717) is 11.6 Å². The second-order valence-electron chi connectivity index (χ2n) is 6.53. The lowest BCUT2D eigenvalue weighted by atomic mass is 10.2. The number of rotatable bonds is 8. The van der Waals surface area contributed by atoms with E-state index in [-0.39, 0.29) is 0 Å². The summed E-state index contributed by atoms with van der Waals surface area (Å²) < 4.78 is 0. The first-order chi connectivity index (χ1) is 13.1. The number of likely N-dealkylation sites (N-methyl/N-ethyl adjacent to an activating group) is 1. The predicted octanol–water partition coefficient (Wildman–Crippen LogP) is 3.40. The van der Waals surface area contributed by atoms with Gasteiger partial charge in [0.2, 0.25) is 0 Å². The summed E-state index contributed by atoms with van der Waals surface area (Å²) in [4.78, 5) is 11.3. The number of anilines is 3. The summed E-state index contributed by atoms with van der Waals surface area (Å²) in [6, 6.07) is 13.9. The molecule has 1 aromatic carbocycles. The number of aryl methyl sites for hydroxylation is 1. The number of H-pyrrole nitrogens is 1. The first-order valence-corrected chi connectivity index (χ1v) is 8.88. The summed E-state index contributed by atoms with van der Waals surface area (Å²) in [6.07, 6.45) is 3.91. The summed E-state index contributed by atoms with van der Waals surface area (Å²) in [5.41, 5.74) is 2.09. The number of nitrogens with one attached hydrogen (secondary N) is 3. The van der Waals surface area contributed by atoms with E-state index in [1.807, 2.05) is 75.6 Å². The minimum atomic E-state index is 0.628. The van der Waals surface area contributed by atoms with Gasteiger partial charge in [0.15, 0.2) is 11.6 Å². The van der Waals surface area contributed by atoms with E-state index >= 15 is 0 Å². The van der Waals surface area contributed by atoms with Crippen LogP contribution in [0, 0.1) is 6.92 Å². The molecule has 0 spiro atoms. The van der Waals surface area contributed by atoms with Crippen LogP contribution in [0.1, 0.15) is 17.1 Å². The van der Waals surface area contributed by atoms with Gasteiger partial charge in [-0.05, 0) is 32.7 Å². The maximum Gasteiger partial charge on any atom is 0.156 e. The van der Waals surface area contributed by atoms with Gasteiger partial charge in [0.1, 0.15) is 11.6 Å². The second kappa shape index (κ2) is 8.95. The molecule has 0 bridgehead atoms. The van der Waals surface area contributed by atoms with Gasteiger partial charge in [0.25, 0.3) is 0 Å². The van der Waals surface area contributed by atoms with Gasteiger partial charge in [0.05, 0.1) is 0 Å². The van der Waals surface area contributed by atoms with E-state index in [0.717, 1.165) is 36.0 Å². The molecule has 3 N–H and O–H groups in total. The average Bonchev–Trinajstić information content (AvgIpc) is 3.05. The molecule has 2 heterocycles. The fraction of sp³-hybridized carbons (Fsp3) is 0.250. The molecular formula is C20H25N7. The van der Waals surface area contributed by atoms with Gasteiger partial charge in [-0.3, -0.25) is 5.10 Å². The van der Waals surface area contributed by atoms with Crippen molar-refractivity contribution in [1.82, 2.24) is 25.1 Å². The standard InChI is InChI=1S/C20H25N7/c1-15-13-20(26-25-15)24-19-14-18(21-11-12-27(2)3)22-17(23-19)10-9-16-7-5-4-6-8-16/h4-10,13-14H,11-12H2,1-3H3,(H3,21,22,23,24,25,26). The Labute approximate surface area is 159 Å². The van der Waals surface area contributed by atoms with E-state index in [1.54, 1.807) is 0 Å². The van der Waals surface area contributed by atoms with Crippen LogP contribution in [0.4, 0.5) is 17.5 Å². The molecule has 0 amide bonds. The maximum absolute atomic E-state index is 4.60. The summed E-state index contributed by atoms with van der Waals surface area (Å²) >= 11 is 0. The Balaban J connectivity index is 1.81. The van der Waals surface area contributed by atoms with Crippen molar-refractivity contribution in [2.75, 3.05) is 37.8 Å². The van der Waals surface area contributed by atoms with Gasteiger partial charge in [0, 0.05) is 30.9 Å². The number of aromatic amines is 1. The summed E-state index contributed by atoms with van der Waals surface area (Å²) in [7, 11) is 4.09. The molecule has 3 aromatic rings. The Kier molecular flexibility index (Phi) is 6.17. The van der Waals surface area contributed by atoms with E-state index in [9.17, 15) is 0 Å². The third kappa shape index (κ3) is 5.93. The topological polar surface area (TPSA) is 81.8 Å². The SMILES string of the molecule is Cc1cc(Nc2cc(NCCN(C)C)nc(C=Cc3ccccc3)n2)n[nH]1. The molecule has 7 heteroatoms. The summed E-state index contributed by atoms with van der Waals surface area (Å²) in [5.74, 6) is 2.82. The average molecular weight is 363 g/mol. The van der Waals surface area contributed by atoms with Crippen LogP contribution >= 0.6 is 0 Å². The number of hydrogen-bond acceptors (Lipinski definition) is 6. The van der Waals surface area contributed by atoms with Crippen molar-refractivity contribution in [2.24, 2.45) is 0 Å². The van der Waals surface area contributed by atoms with Crippen LogP contribution in [0.3, 0.4) is 0 Å². The molecule has 0 aliphatic carbocycles. The second-order valence-corrected chi connectivity index (χ2v) is 6.53. The normalized spacial score (nSPS) is 11.3. The third-order valence-electron chi connectivity index (χ3n) is 3.80. The van der Waals surface area contributed by atoms with Gasteiger partial charge >= 0.3 is 0 Å². The smallest absolute Gasteiger partial charge is 0.156 e. The Morgan fingerprint density at radius 2 is 1.78 bits per heavy atom. The van der Waals surface area contributed by atoms with Crippen molar-refractivity contribution in [1.29, 1.82) is 0 Å². The highest BCUT2D eigenvalue weighted by Gasteiger charge is 2.05. The van der Waals surface area contributed by atoms with Gasteiger partial charge in [-0.15, -0.1) is 0 Å². The van der Waals surface area contributed by atoms with Crippen molar-refractivity contribution in [2.45, 2.75) is 6.92 Å². The maximum atomic E-state index is 4.60. The van der Waals surface area contributed by atoms with Crippen LogP contribution < -0.4 is 10.6 Å². The highest BCUT2D eigenvalue weighted by Crippen LogP contribution is 2.17. The number of hydrogen-bond donors (Lipinski definition) is 3. The number of nitrogens with zero attached hydrogens (tertiary/aromatic N) is 4.